The van der Waals surface area contributed by atoms with E-state index in [1.807, 2.05) is 31.2 Å². The van der Waals surface area contributed by atoms with Crippen LogP contribution >= 0.6 is 0 Å². The van der Waals surface area contributed by atoms with Crippen LogP contribution < -0.4 is 16.0 Å². The predicted octanol–water partition coefficient (Wildman–Crippen LogP) is 1.72. The van der Waals surface area contributed by atoms with Crippen LogP contribution in [0.4, 0.5) is 0 Å². The van der Waals surface area contributed by atoms with Gasteiger partial charge < -0.3 is 25.8 Å². The first-order valence-electron chi connectivity index (χ1n) is 14.0. The van der Waals surface area contributed by atoms with Crippen molar-refractivity contribution in [2.45, 2.75) is 76.4 Å². The maximum absolute atomic E-state index is 13.8. The van der Waals surface area contributed by atoms with Gasteiger partial charge in [0.15, 0.2) is 0 Å². The van der Waals surface area contributed by atoms with Crippen molar-refractivity contribution >= 4 is 40.3 Å². The molecule has 2 saturated carbocycles. The van der Waals surface area contributed by atoms with Crippen LogP contribution in [0.2, 0.25) is 0 Å². The lowest BCUT2D eigenvalue weighted by Crippen LogP contribution is -2.58. The zero-order valence-corrected chi connectivity index (χ0v) is 22.2. The molecule has 3 heterocycles. The SMILES string of the molecule is Cc1ccc2[nH]c(C(=O)N3CCC4(CC4)C[C@H]3C(=O)N[C@@H](C[C@@H]3CCNC3=O)C(=O)C(=O)NC3CC3)cc2c1. The summed E-state index contributed by atoms with van der Waals surface area (Å²) in [5, 5.41) is 9.20. The Labute approximate surface area is 226 Å². The number of hydrogen-bond donors (Lipinski definition) is 4. The maximum atomic E-state index is 13.8. The van der Waals surface area contributed by atoms with Crippen LogP contribution in [0.3, 0.4) is 0 Å². The van der Waals surface area contributed by atoms with E-state index in [-0.39, 0.29) is 29.7 Å². The molecule has 4 amide bonds. The van der Waals surface area contributed by atoms with Crippen LogP contribution in [0.1, 0.15) is 67.4 Å². The Kier molecular flexibility index (Phi) is 6.43. The molecular weight excluding hydrogens is 498 g/mol. The lowest BCUT2D eigenvalue weighted by Gasteiger charge is -2.39. The molecule has 2 saturated heterocycles. The summed E-state index contributed by atoms with van der Waals surface area (Å²) >= 11 is 0. The summed E-state index contributed by atoms with van der Waals surface area (Å²) in [7, 11) is 0. The minimum absolute atomic E-state index is 0.00569. The Hall–Kier alpha value is -3.69. The zero-order valence-electron chi connectivity index (χ0n) is 22.2. The minimum Gasteiger partial charge on any atom is -0.356 e. The molecule has 3 atom stereocenters. The Balaban J connectivity index is 1.23. The van der Waals surface area contributed by atoms with Gasteiger partial charge in [0.1, 0.15) is 11.7 Å². The Bertz CT molecular complexity index is 1360. The molecular formula is C29H35N5O5. The smallest absolute Gasteiger partial charge is 0.289 e. The topological polar surface area (TPSA) is 140 Å². The third kappa shape index (κ3) is 5.29. The molecule has 2 aliphatic heterocycles. The van der Waals surface area contributed by atoms with E-state index in [1.54, 1.807) is 4.90 Å². The first kappa shape index (κ1) is 25.6. The van der Waals surface area contributed by atoms with E-state index in [4.69, 9.17) is 0 Å². The van der Waals surface area contributed by atoms with E-state index in [0.29, 0.717) is 31.6 Å². The number of aromatic amines is 1. The average Bonchev–Trinajstić information content (AvgIpc) is 3.80. The first-order valence-corrected chi connectivity index (χ1v) is 14.0. The van der Waals surface area contributed by atoms with Gasteiger partial charge in [-0.05, 0) is 81.9 Å². The van der Waals surface area contributed by atoms with Crippen LogP contribution in [-0.4, -0.2) is 70.5 Å². The number of aryl methyl sites for hydroxylation is 1. The number of aromatic nitrogens is 1. The van der Waals surface area contributed by atoms with Crippen molar-refractivity contribution < 1.29 is 24.0 Å². The molecule has 4 fully saturated rings. The molecule has 1 spiro atoms. The van der Waals surface area contributed by atoms with Crippen molar-refractivity contribution in [3.63, 3.8) is 0 Å². The minimum atomic E-state index is -1.13. The third-order valence-electron chi connectivity index (χ3n) is 8.87. The number of nitrogens with zero attached hydrogens (tertiary/aromatic N) is 1. The highest BCUT2D eigenvalue weighted by Crippen LogP contribution is 2.55. The number of Topliss-reactive ketones (excluding diaryl/α,β-unsaturated/α-hetero) is 1. The van der Waals surface area contributed by atoms with Crippen LogP contribution in [0.5, 0.6) is 0 Å². The van der Waals surface area contributed by atoms with Gasteiger partial charge >= 0.3 is 0 Å². The fourth-order valence-electron chi connectivity index (χ4n) is 6.06. The summed E-state index contributed by atoms with van der Waals surface area (Å²) in [4.78, 5) is 70.4. The lowest BCUT2D eigenvalue weighted by molar-refractivity contribution is -0.141. The van der Waals surface area contributed by atoms with Crippen LogP contribution in [-0.2, 0) is 19.2 Å². The number of hydrogen-bond acceptors (Lipinski definition) is 5. The molecule has 1 aromatic heterocycles. The van der Waals surface area contributed by atoms with Crippen LogP contribution in [0.15, 0.2) is 24.3 Å². The van der Waals surface area contributed by atoms with Gasteiger partial charge in [0.05, 0.1) is 6.04 Å². The molecule has 206 valence electrons. The van der Waals surface area contributed by atoms with Crippen LogP contribution in [0.25, 0.3) is 10.9 Å². The van der Waals surface area contributed by atoms with Crippen molar-refractivity contribution in [1.82, 2.24) is 25.8 Å². The van der Waals surface area contributed by atoms with Gasteiger partial charge in [-0.15, -0.1) is 0 Å². The lowest BCUT2D eigenvalue weighted by atomic mass is 9.86. The van der Waals surface area contributed by atoms with E-state index in [0.717, 1.165) is 48.6 Å². The number of rotatable bonds is 8. The number of piperidine rings is 1. The van der Waals surface area contributed by atoms with Crippen molar-refractivity contribution in [2.75, 3.05) is 13.1 Å². The molecule has 4 N–H and O–H groups in total. The molecule has 39 heavy (non-hydrogen) atoms. The van der Waals surface area contributed by atoms with Gasteiger partial charge in [0.2, 0.25) is 17.6 Å². The second kappa shape index (κ2) is 9.81. The quantitative estimate of drug-likeness (QED) is 0.383. The molecule has 2 aliphatic carbocycles. The Morgan fingerprint density at radius 3 is 2.59 bits per heavy atom. The van der Waals surface area contributed by atoms with E-state index in [1.165, 1.54) is 0 Å². The number of H-pyrrole nitrogens is 1. The molecule has 1 aromatic carbocycles. The molecule has 2 aromatic rings. The second-order valence-corrected chi connectivity index (χ2v) is 11.9. The highest BCUT2D eigenvalue weighted by atomic mass is 16.2. The van der Waals surface area contributed by atoms with Gasteiger partial charge in [0.25, 0.3) is 11.8 Å². The molecule has 0 unspecified atom stereocenters. The van der Waals surface area contributed by atoms with Gasteiger partial charge in [0, 0.05) is 36.0 Å². The number of carbonyl (C=O) groups excluding carboxylic acids is 5. The summed E-state index contributed by atoms with van der Waals surface area (Å²) in [6, 6.07) is 5.83. The average molecular weight is 534 g/mol. The summed E-state index contributed by atoms with van der Waals surface area (Å²) in [6.45, 7) is 2.94. The second-order valence-electron chi connectivity index (χ2n) is 11.9. The molecule has 10 heteroatoms. The van der Waals surface area contributed by atoms with E-state index < -0.39 is 35.6 Å². The fourth-order valence-corrected chi connectivity index (χ4v) is 6.06. The number of fused-ring (bicyclic) bond motifs is 1. The monoisotopic (exact) mass is 533 g/mol. The standard InChI is InChI=1S/C29H35N5O5/c1-16-2-5-20-18(12-16)14-22(32-20)28(39)34-11-9-29(7-8-29)15-23(34)26(37)33-21(13-17-6-10-30-25(17)36)24(35)27(38)31-19-3-4-19/h2,5,12,14,17,19,21,23,32H,3-4,6-11,13,15H2,1H3,(H,30,36)(H,31,38)(H,33,37)/t17-,21-,23-/m0/s1. The van der Waals surface area contributed by atoms with Gasteiger partial charge in [-0.1, -0.05) is 11.6 Å². The van der Waals surface area contributed by atoms with Crippen molar-refractivity contribution in [3.05, 3.63) is 35.5 Å². The van der Waals surface area contributed by atoms with Crippen molar-refractivity contribution in [1.29, 1.82) is 0 Å². The highest BCUT2D eigenvalue weighted by molar-refractivity contribution is 6.38. The summed E-state index contributed by atoms with van der Waals surface area (Å²) < 4.78 is 0. The van der Waals surface area contributed by atoms with Crippen LogP contribution in [0, 0.1) is 18.3 Å². The summed E-state index contributed by atoms with van der Waals surface area (Å²) in [5.41, 5.74) is 2.40. The predicted molar refractivity (Wildman–Crippen MR) is 143 cm³/mol. The molecule has 6 rings (SSSR count). The first-order chi connectivity index (χ1) is 18.7. The van der Waals surface area contributed by atoms with Crippen molar-refractivity contribution in [2.24, 2.45) is 11.3 Å². The normalized spacial score (nSPS) is 24.3. The largest absolute Gasteiger partial charge is 0.356 e. The maximum Gasteiger partial charge on any atom is 0.289 e. The zero-order chi connectivity index (χ0) is 27.3. The number of likely N-dealkylation sites (tertiary alicyclic amines) is 1. The molecule has 4 aliphatic rings. The number of carbonyl (C=O) groups is 5. The Morgan fingerprint density at radius 2 is 1.90 bits per heavy atom. The van der Waals surface area contributed by atoms with Crippen molar-refractivity contribution in [3.8, 4) is 0 Å². The summed E-state index contributed by atoms with van der Waals surface area (Å²) in [6.07, 6.45) is 5.63. The molecule has 10 nitrogen and oxygen atoms in total. The van der Waals surface area contributed by atoms with Gasteiger partial charge in [-0.3, -0.25) is 24.0 Å². The fraction of sp³-hybridized carbons (Fsp3) is 0.552. The highest BCUT2D eigenvalue weighted by Gasteiger charge is 2.51. The number of benzene rings is 1. The third-order valence-corrected chi connectivity index (χ3v) is 8.87. The number of amides is 4. The Morgan fingerprint density at radius 1 is 1.10 bits per heavy atom. The number of nitrogens with one attached hydrogen (secondary N) is 4. The summed E-state index contributed by atoms with van der Waals surface area (Å²) in [5.74, 6) is -2.81. The van der Waals surface area contributed by atoms with E-state index in [2.05, 4.69) is 20.9 Å². The van der Waals surface area contributed by atoms with E-state index >= 15 is 0 Å². The number of ketones is 1. The molecule has 0 bridgehead atoms. The molecule has 0 radical (unpaired) electrons. The van der Waals surface area contributed by atoms with Gasteiger partial charge in [-0.2, -0.15) is 0 Å². The van der Waals surface area contributed by atoms with E-state index in [9.17, 15) is 24.0 Å². The van der Waals surface area contributed by atoms with Gasteiger partial charge in [-0.25, -0.2) is 0 Å².